The molecular formula is C15H34O3Si2. The second-order valence-corrected chi connectivity index (χ2v) is 22.7. The number of rotatable bonds is 8. The van der Waals surface area contributed by atoms with Crippen LogP contribution in [0.5, 0.6) is 0 Å². The molecule has 20 heavy (non-hydrogen) atoms. The quantitative estimate of drug-likeness (QED) is 0.532. The zero-order chi connectivity index (χ0) is 15.3. The molecule has 0 aromatic carbocycles. The largest absolute Gasteiger partial charge is 0.415 e. The van der Waals surface area contributed by atoms with Gasteiger partial charge in [-0.1, -0.05) is 19.1 Å². The first-order chi connectivity index (χ1) is 9.29. The molecule has 2 N–H and O–H groups in total. The molecule has 120 valence electrons. The van der Waals surface area contributed by atoms with E-state index in [0.29, 0.717) is 0 Å². The maximum Gasteiger partial charge on any atom is 0.174 e. The summed E-state index contributed by atoms with van der Waals surface area (Å²) in [5.74, 6) is 0. The minimum absolute atomic E-state index is 0.0442. The van der Waals surface area contributed by atoms with E-state index in [9.17, 15) is 0 Å². The SMILES string of the molecule is C[Si]1(C)CCC(CCCCO)(CCCCO)O[Si]1(C)C. The van der Waals surface area contributed by atoms with Gasteiger partial charge in [0.05, 0.1) is 13.2 Å². The van der Waals surface area contributed by atoms with Crippen LogP contribution in [0, 0.1) is 0 Å². The van der Waals surface area contributed by atoms with Crippen molar-refractivity contribution in [1.82, 2.24) is 0 Å². The highest BCUT2D eigenvalue weighted by Gasteiger charge is 2.52. The standard InChI is InChI=1S/C15H34O3Si2/c1-19(2)14-11-15(9-5-7-12-16,10-6-8-13-17)18-20(19,3)4/h16-17H,5-14H2,1-4H3. The van der Waals surface area contributed by atoms with Gasteiger partial charge in [0.2, 0.25) is 0 Å². The Kier molecular flexibility index (Phi) is 6.92. The Bertz CT molecular complexity index is 283. The third-order valence-electron chi connectivity index (χ3n) is 5.39. The average Bonchev–Trinajstić information content (AvgIpc) is 2.35. The van der Waals surface area contributed by atoms with Crippen LogP contribution in [0.1, 0.15) is 44.9 Å². The number of aliphatic hydroxyl groups excluding tert-OH is 2. The molecule has 0 atom stereocenters. The lowest BCUT2D eigenvalue weighted by Crippen LogP contribution is -2.65. The molecule has 1 heterocycles. The highest BCUT2D eigenvalue weighted by molar-refractivity contribution is 7.38. The van der Waals surface area contributed by atoms with Crippen molar-refractivity contribution in [2.24, 2.45) is 0 Å². The molecule has 1 saturated heterocycles. The van der Waals surface area contributed by atoms with E-state index in [-0.39, 0.29) is 18.8 Å². The molecule has 3 nitrogen and oxygen atoms in total. The van der Waals surface area contributed by atoms with Crippen molar-refractivity contribution < 1.29 is 14.6 Å². The van der Waals surface area contributed by atoms with E-state index in [1.807, 2.05) is 0 Å². The zero-order valence-corrected chi connectivity index (χ0v) is 15.9. The molecule has 0 saturated carbocycles. The molecule has 0 unspecified atom stereocenters. The van der Waals surface area contributed by atoms with Crippen LogP contribution in [-0.2, 0) is 4.43 Å². The molecule has 0 bridgehead atoms. The number of unbranched alkanes of at least 4 members (excludes halogenated alkanes) is 2. The molecule has 0 spiro atoms. The van der Waals surface area contributed by atoms with E-state index in [4.69, 9.17) is 14.6 Å². The molecule has 1 rings (SSSR count). The summed E-state index contributed by atoms with van der Waals surface area (Å²) in [6, 6.07) is 1.38. The van der Waals surface area contributed by atoms with E-state index in [1.165, 1.54) is 12.5 Å². The molecule has 1 aliphatic rings. The maximum absolute atomic E-state index is 9.02. The maximum atomic E-state index is 9.02. The Labute approximate surface area is 126 Å². The van der Waals surface area contributed by atoms with Crippen molar-refractivity contribution in [1.29, 1.82) is 0 Å². The van der Waals surface area contributed by atoms with Gasteiger partial charge in [0.25, 0.3) is 0 Å². The van der Waals surface area contributed by atoms with Gasteiger partial charge in [0, 0.05) is 13.2 Å². The van der Waals surface area contributed by atoms with Crippen LogP contribution in [0.3, 0.4) is 0 Å². The Morgan fingerprint density at radius 2 is 1.40 bits per heavy atom. The molecule has 0 aliphatic carbocycles. The Hall–Kier alpha value is 0.314. The van der Waals surface area contributed by atoms with Gasteiger partial charge >= 0.3 is 0 Å². The molecule has 0 amide bonds. The van der Waals surface area contributed by atoms with E-state index in [1.54, 1.807) is 0 Å². The topological polar surface area (TPSA) is 49.7 Å². The summed E-state index contributed by atoms with van der Waals surface area (Å²) in [5.41, 5.74) is 0.0442. The normalized spacial score (nSPS) is 23.7. The van der Waals surface area contributed by atoms with Gasteiger partial charge in [-0.2, -0.15) is 0 Å². The van der Waals surface area contributed by atoms with Crippen molar-refractivity contribution in [3.63, 3.8) is 0 Å². The predicted molar refractivity (Wildman–Crippen MR) is 90.1 cm³/mol. The second kappa shape index (κ2) is 7.54. The zero-order valence-electron chi connectivity index (χ0n) is 13.9. The molecule has 1 aliphatic heterocycles. The van der Waals surface area contributed by atoms with Gasteiger partial charge in [-0.25, -0.2) is 0 Å². The first-order valence-electron chi connectivity index (χ1n) is 8.20. The Morgan fingerprint density at radius 1 is 0.900 bits per heavy atom. The first-order valence-corrected chi connectivity index (χ1v) is 15.3. The van der Waals surface area contributed by atoms with E-state index >= 15 is 0 Å². The fraction of sp³-hybridized carbons (Fsp3) is 1.00. The van der Waals surface area contributed by atoms with E-state index in [0.717, 1.165) is 38.5 Å². The van der Waals surface area contributed by atoms with Crippen molar-refractivity contribution in [3.05, 3.63) is 0 Å². The summed E-state index contributed by atoms with van der Waals surface area (Å²) < 4.78 is 6.81. The van der Waals surface area contributed by atoms with Crippen molar-refractivity contribution in [3.8, 4) is 0 Å². The second-order valence-electron chi connectivity index (χ2n) is 7.54. The lowest BCUT2D eigenvalue weighted by atomic mass is 9.88. The van der Waals surface area contributed by atoms with Crippen LogP contribution < -0.4 is 0 Å². The van der Waals surface area contributed by atoms with Gasteiger partial charge in [0.1, 0.15) is 0 Å². The summed E-state index contributed by atoms with van der Waals surface area (Å²) in [5, 5.41) is 18.0. The minimum atomic E-state index is -1.56. The minimum Gasteiger partial charge on any atom is -0.415 e. The van der Waals surface area contributed by atoms with Gasteiger partial charge in [-0.3, -0.25) is 0 Å². The number of hydrogen-bond donors (Lipinski definition) is 2. The summed E-state index contributed by atoms with van der Waals surface area (Å²) in [6.07, 6.45) is 7.24. The lowest BCUT2D eigenvalue weighted by Gasteiger charge is -2.52. The Balaban J connectivity index is 2.72. The summed E-state index contributed by atoms with van der Waals surface area (Å²) in [7, 11) is -2.74. The molecule has 0 aromatic heterocycles. The molecular weight excluding hydrogens is 284 g/mol. The summed E-state index contributed by atoms with van der Waals surface area (Å²) >= 11 is 0. The van der Waals surface area contributed by atoms with Gasteiger partial charge in [-0.05, 0) is 58.0 Å². The molecule has 1 fully saturated rings. The summed E-state index contributed by atoms with van der Waals surface area (Å²) in [6.45, 7) is 10.4. The highest BCUT2D eigenvalue weighted by atomic mass is 29.3. The van der Waals surface area contributed by atoms with Crippen LogP contribution in [-0.4, -0.2) is 44.5 Å². The van der Waals surface area contributed by atoms with Crippen LogP contribution in [0.2, 0.25) is 32.2 Å². The van der Waals surface area contributed by atoms with E-state index in [2.05, 4.69) is 26.2 Å². The van der Waals surface area contributed by atoms with Gasteiger partial charge in [0.15, 0.2) is 7.83 Å². The molecule has 0 radical (unpaired) electrons. The van der Waals surface area contributed by atoms with Gasteiger partial charge < -0.3 is 14.6 Å². The predicted octanol–water partition coefficient (Wildman–Crippen LogP) is 3.46. The van der Waals surface area contributed by atoms with Crippen LogP contribution >= 0.6 is 0 Å². The average molecular weight is 319 g/mol. The van der Waals surface area contributed by atoms with E-state index < -0.39 is 15.4 Å². The highest BCUT2D eigenvalue weighted by Crippen LogP contribution is 2.43. The first kappa shape index (κ1) is 18.4. The van der Waals surface area contributed by atoms with Gasteiger partial charge in [-0.15, -0.1) is 0 Å². The molecule has 5 heteroatoms. The number of hydrogen-bond acceptors (Lipinski definition) is 3. The Morgan fingerprint density at radius 3 is 1.80 bits per heavy atom. The van der Waals surface area contributed by atoms with Crippen LogP contribution in [0.4, 0.5) is 0 Å². The van der Waals surface area contributed by atoms with Crippen LogP contribution in [0.15, 0.2) is 0 Å². The lowest BCUT2D eigenvalue weighted by molar-refractivity contribution is 0.0280. The fourth-order valence-electron chi connectivity index (χ4n) is 3.17. The van der Waals surface area contributed by atoms with Crippen molar-refractivity contribution in [2.45, 2.75) is 82.8 Å². The molecule has 0 aromatic rings. The monoisotopic (exact) mass is 318 g/mol. The van der Waals surface area contributed by atoms with Crippen molar-refractivity contribution >= 4 is 15.4 Å². The van der Waals surface area contributed by atoms with Crippen molar-refractivity contribution in [2.75, 3.05) is 13.2 Å². The smallest absolute Gasteiger partial charge is 0.174 e. The fourth-order valence-corrected chi connectivity index (χ4v) is 10.2. The summed E-state index contributed by atoms with van der Waals surface area (Å²) in [4.78, 5) is 0. The third-order valence-corrected chi connectivity index (χ3v) is 21.9. The third kappa shape index (κ3) is 4.66. The van der Waals surface area contributed by atoms with Crippen LogP contribution in [0.25, 0.3) is 0 Å². The number of aliphatic hydroxyl groups is 2.